The van der Waals surface area contributed by atoms with Crippen molar-refractivity contribution in [1.29, 1.82) is 5.26 Å². The molecule has 0 amide bonds. The van der Waals surface area contributed by atoms with Crippen molar-refractivity contribution in [2.24, 2.45) is 0 Å². The molecule has 1 aromatic heterocycles. The average Bonchev–Trinajstić information content (AvgIpc) is 2.83. The van der Waals surface area contributed by atoms with E-state index >= 15 is 0 Å². The molecule has 0 atom stereocenters. The summed E-state index contributed by atoms with van der Waals surface area (Å²) in [5, 5.41) is 14.3. The van der Waals surface area contributed by atoms with Gasteiger partial charge in [0.05, 0.1) is 5.69 Å². The molecule has 3 rings (SSSR count). The van der Waals surface area contributed by atoms with Crippen molar-refractivity contribution in [3.05, 3.63) is 64.4 Å². The van der Waals surface area contributed by atoms with E-state index in [2.05, 4.69) is 5.10 Å². The lowest BCUT2D eigenvalue weighted by atomic mass is 10.1. The molecule has 0 spiro atoms. The summed E-state index contributed by atoms with van der Waals surface area (Å²) in [5.41, 5.74) is 8.16. The lowest BCUT2D eigenvalue weighted by molar-refractivity contribution is 0.630. The fourth-order valence-corrected chi connectivity index (χ4v) is 2.70. The summed E-state index contributed by atoms with van der Waals surface area (Å²) in [6.45, 7) is 1.89. The Morgan fingerprint density at radius 3 is 2.65 bits per heavy atom. The highest BCUT2D eigenvalue weighted by Gasteiger charge is 2.20. The molecule has 0 unspecified atom stereocenters. The predicted molar refractivity (Wildman–Crippen MR) is 87.8 cm³/mol. The number of rotatable bonds is 2. The maximum atomic E-state index is 14.0. The third kappa shape index (κ3) is 2.65. The zero-order valence-corrected chi connectivity index (χ0v) is 13.0. The normalized spacial score (nSPS) is 10.5. The number of hydrogen-bond donors (Lipinski definition) is 1. The summed E-state index contributed by atoms with van der Waals surface area (Å²) in [6.07, 6.45) is 0. The highest BCUT2D eigenvalue weighted by atomic mass is 35.5. The van der Waals surface area contributed by atoms with Gasteiger partial charge in [-0.05, 0) is 42.8 Å². The Bertz CT molecular complexity index is 920. The molecule has 6 heteroatoms. The van der Waals surface area contributed by atoms with E-state index < -0.39 is 5.82 Å². The number of aryl methyl sites for hydroxylation is 1. The molecule has 0 aliphatic heterocycles. The van der Waals surface area contributed by atoms with Gasteiger partial charge in [-0.3, -0.25) is 0 Å². The van der Waals surface area contributed by atoms with Crippen molar-refractivity contribution >= 4 is 17.4 Å². The molecule has 0 saturated carbocycles. The Labute approximate surface area is 137 Å². The minimum absolute atomic E-state index is 0.132. The second kappa shape index (κ2) is 5.75. The summed E-state index contributed by atoms with van der Waals surface area (Å²) < 4.78 is 15.4. The van der Waals surface area contributed by atoms with Crippen molar-refractivity contribution in [3.63, 3.8) is 0 Å². The number of nitrogens with zero attached hydrogens (tertiary/aromatic N) is 3. The van der Waals surface area contributed by atoms with Crippen LogP contribution in [0.15, 0.2) is 42.5 Å². The van der Waals surface area contributed by atoms with E-state index in [4.69, 9.17) is 17.3 Å². The van der Waals surface area contributed by atoms with E-state index in [1.54, 1.807) is 30.3 Å². The van der Waals surface area contributed by atoms with Crippen molar-refractivity contribution in [2.75, 3.05) is 5.73 Å². The predicted octanol–water partition coefficient (Wildman–Crippen LogP) is 4.09. The van der Waals surface area contributed by atoms with Crippen LogP contribution in [0, 0.1) is 24.1 Å². The molecule has 0 aliphatic carbocycles. The lowest BCUT2D eigenvalue weighted by Gasteiger charge is -2.06. The van der Waals surface area contributed by atoms with Gasteiger partial charge in [-0.1, -0.05) is 23.7 Å². The number of hydrogen-bond acceptors (Lipinski definition) is 3. The molecule has 2 aromatic carbocycles. The second-order valence-electron chi connectivity index (χ2n) is 5.10. The Hall–Kier alpha value is -2.84. The Morgan fingerprint density at radius 2 is 2.00 bits per heavy atom. The maximum Gasteiger partial charge on any atom is 0.145 e. The van der Waals surface area contributed by atoms with E-state index in [0.29, 0.717) is 10.7 Å². The van der Waals surface area contributed by atoms with Gasteiger partial charge in [0.15, 0.2) is 0 Å². The summed E-state index contributed by atoms with van der Waals surface area (Å²) in [4.78, 5) is 0. The van der Waals surface area contributed by atoms with E-state index in [0.717, 1.165) is 5.56 Å². The van der Waals surface area contributed by atoms with Crippen LogP contribution < -0.4 is 5.73 Å². The number of nitriles is 1. The highest BCUT2D eigenvalue weighted by molar-refractivity contribution is 6.30. The van der Waals surface area contributed by atoms with Crippen molar-refractivity contribution in [2.45, 2.75) is 6.92 Å². The molecule has 1 heterocycles. The van der Waals surface area contributed by atoms with E-state index in [9.17, 15) is 9.65 Å². The Morgan fingerprint density at radius 1 is 1.26 bits per heavy atom. The molecule has 0 radical (unpaired) electrons. The Kier molecular flexibility index (Phi) is 3.77. The number of nitrogens with two attached hydrogens (primary N) is 1. The molecule has 0 fully saturated rings. The van der Waals surface area contributed by atoms with Gasteiger partial charge in [-0.15, -0.1) is 0 Å². The standard InChI is InChI=1S/C17H12ClFN4/c1-10-6-11(18)8-12(7-10)23-17(21)14(9-20)16(22-23)13-4-2-3-5-15(13)19/h2-8H,21H2,1H3. The van der Waals surface area contributed by atoms with Gasteiger partial charge in [0.25, 0.3) is 0 Å². The van der Waals surface area contributed by atoms with Crippen LogP contribution >= 0.6 is 11.6 Å². The zero-order valence-electron chi connectivity index (χ0n) is 12.2. The summed E-state index contributed by atoms with van der Waals surface area (Å²) in [7, 11) is 0. The van der Waals surface area contributed by atoms with Gasteiger partial charge in [0.1, 0.15) is 29.0 Å². The fourth-order valence-electron chi connectivity index (χ4n) is 2.42. The first-order chi connectivity index (χ1) is 11.0. The van der Waals surface area contributed by atoms with Crippen LogP contribution in [0.3, 0.4) is 0 Å². The minimum atomic E-state index is -0.462. The fraction of sp³-hybridized carbons (Fsp3) is 0.0588. The van der Waals surface area contributed by atoms with Gasteiger partial charge in [0, 0.05) is 10.6 Å². The third-order valence-electron chi connectivity index (χ3n) is 3.43. The third-order valence-corrected chi connectivity index (χ3v) is 3.65. The summed E-state index contributed by atoms with van der Waals surface area (Å²) in [5.74, 6) is -0.316. The Balaban J connectivity index is 2.26. The first-order valence-electron chi connectivity index (χ1n) is 6.82. The first-order valence-corrected chi connectivity index (χ1v) is 7.20. The molecular weight excluding hydrogens is 315 g/mol. The molecule has 4 nitrogen and oxygen atoms in total. The highest BCUT2D eigenvalue weighted by Crippen LogP contribution is 2.31. The molecule has 3 aromatic rings. The molecule has 23 heavy (non-hydrogen) atoms. The summed E-state index contributed by atoms with van der Waals surface area (Å²) in [6, 6.07) is 13.4. The maximum absolute atomic E-state index is 14.0. The van der Waals surface area contributed by atoms with Gasteiger partial charge < -0.3 is 5.73 Å². The second-order valence-corrected chi connectivity index (χ2v) is 5.54. The largest absolute Gasteiger partial charge is 0.382 e. The van der Waals surface area contributed by atoms with Gasteiger partial charge in [0.2, 0.25) is 0 Å². The topological polar surface area (TPSA) is 67.6 Å². The molecule has 0 bridgehead atoms. The van der Waals surface area contributed by atoms with Crippen molar-refractivity contribution < 1.29 is 4.39 Å². The molecule has 0 aliphatic rings. The van der Waals surface area contributed by atoms with Crippen LogP contribution in [0.25, 0.3) is 16.9 Å². The van der Waals surface area contributed by atoms with E-state index in [1.807, 2.05) is 19.1 Å². The summed E-state index contributed by atoms with van der Waals surface area (Å²) >= 11 is 6.07. The van der Waals surface area contributed by atoms with E-state index in [1.165, 1.54) is 10.7 Å². The molecule has 2 N–H and O–H groups in total. The number of anilines is 1. The number of aromatic nitrogens is 2. The molecule has 114 valence electrons. The molecular formula is C17H12ClFN4. The number of benzene rings is 2. The van der Waals surface area contributed by atoms with Gasteiger partial charge in [-0.2, -0.15) is 10.4 Å². The van der Waals surface area contributed by atoms with Gasteiger partial charge in [-0.25, -0.2) is 9.07 Å². The number of halogens is 2. The van der Waals surface area contributed by atoms with Gasteiger partial charge >= 0.3 is 0 Å². The lowest BCUT2D eigenvalue weighted by Crippen LogP contribution is -2.02. The van der Waals surface area contributed by atoms with Crippen LogP contribution in [-0.2, 0) is 0 Å². The van der Waals surface area contributed by atoms with Crippen LogP contribution in [0.1, 0.15) is 11.1 Å². The zero-order chi connectivity index (χ0) is 16.6. The first kappa shape index (κ1) is 15.1. The van der Waals surface area contributed by atoms with Crippen LogP contribution in [0.4, 0.5) is 10.2 Å². The van der Waals surface area contributed by atoms with E-state index in [-0.39, 0.29) is 22.6 Å². The smallest absolute Gasteiger partial charge is 0.145 e. The van der Waals surface area contributed by atoms with Crippen molar-refractivity contribution in [3.8, 4) is 23.0 Å². The van der Waals surface area contributed by atoms with Crippen LogP contribution in [0.5, 0.6) is 0 Å². The SMILES string of the molecule is Cc1cc(Cl)cc(-n2nc(-c3ccccc3F)c(C#N)c2N)c1. The number of nitrogen functional groups attached to an aromatic ring is 1. The van der Waals surface area contributed by atoms with Crippen LogP contribution in [0.2, 0.25) is 5.02 Å². The quantitative estimate of drug-likeness (QED) is 0.771. The monoisotopic (exact) mass is 326 g/mol. The van der Waals surface area contributed by atoms with Crippen molar-refractivity contribution in [1.82, 2.24) is 9.78 Å². The minimum Gasteiger partial charge on any atom is -0.382 e. The average molecular weight is 327 g/mol. The van der Waals surface area contributed by atoms with Crippen LogP contribution in [-0.4, -0.2) is 9.78 Å². The molecule has 0 saturated heterocycles.